The topological polar surface area (TPSA) is 73.1 Å². The Morgan fingerprint density at radius 1 is 1.07 bits per heavy atom. The van der Waals surface area contributed by atoms with Crippen molar-refractivity contribution in [1.29, 1.82) is 0 Å². The zero-order valence-corrected chi connectivity index (χ0v) is 16.1. The minimum absolute atomic E-state index is 0.0495. The van der Waals surface area contributed by atoms with Crippen LogP contribution in [0.5, 0.6) is 5.75 Å². The fraction of sp³-hybridized carbons (Fsp3) is 0.333. The number of aromatic nitrogens is 4. The third kappa shape index (κ3) is 3.88. The van der Waals surface area contributed by atoms with E-state index in [4.69, 9.17) is 4.74 Å². The van der Waals surface area contributed by atoms with E-state index in [-0.39, 0.29) is 12.0 Å². The third-order valence-corrected chi connectivity index (χ3v) is 5.09. The van der Waals surface area contributed by atoms with Crippen molar-refractivity contribution in [2.45, 2.75) is 32.8 Å². The van der Waals surface area contributed by atoms with E-state index in [1.807, 2.05) is 29.2 Å². The van der Waals surface area contributed by atoms with Crippen molar-refractivity contribution in [1.82, 2.24) is 25.1 Å². The Morgan fingerprint density at radius 2 is 1.82 bits per heavy atom. The number of hydrogen-bond donors (Lipinski definition) is 0. The predicted molar refractivity (Wildman–Crippen MR) is 105 cm³/mol. The molecule has 0 spiro atoms. The van der Waals surface area contributed by atoms with Crippen LogP contribution in [0.15, 0.2) is 48.8 Å². The van der Waals surface area contributed by atoms with Crippen molar-refractivity contribution in [2.75, 3.05) is 13.1 Å². The van der Waals surface area contributed by atoms with Gasteiger partial charge in [0.25, 0.3) is 5.91 Å². The summed E-state index contributed by atoms with van der Waals surface area (Å²) < 4.78 is 7.76. The van der Waals surface area contributed by atoms with Crippen LogP contribution in [-0.4, -0.2) is 50.2 Å². The molecule has 3 aromatic rings. The number of piperidine rings is 1. The first-order valence-electron chi connectivity index (χ1n) is 9.47. The number of aryl methyl sites for hydroxylation is 2. The van der Waals surface area contributed by atoms with Gasteiger partial charge < -0.3 is 9.64 Å². The smallest absolute Gasteiger partial charge is 0.253 e. The van der Waals surface area contributed by atoms with E-state index in [1.54, 1.807) is 4.68 Å². The van der Waals surface area contributed by atoms with Crippen LogP contribution in [0.1, 0.15) is 34.3 Å². The normalized spacial score (nSPS) is 14.9. The summed E-state index contributed by atoms with van der Waals surface area (Å²) in [5.74, 6) is 0.997. The minimum atomic E-state index is 0.0495. The maximum atomic E-state index is 12.8. The van der Waals surface area contributed by atoms with Gasteiger partial charge in [-0.3, -0.25) is 4.79 Å². The molecule has 4 rings (SSSR count). The highest BCUT2D eigenvalue weighted by atomic mass is 16.5. The van der Waals surface area contributed by atoms with Gasteiger partial charge in [-0.05, 0) is 65.7 Å². The molecule has 0 bridgehead atoms. The maximum Gasteiger partial charge on any atom is 0.253 e. The van der Waals surface area contributed by atoms with Gasteiger partial charge in [0.2, 0.25) is 0 Å². The van der Waals surface area contributed by atoms with E-state index < -0.39 is 0 Å². The number of hydrogen-bond acceptors (Lipinski definition) is 5. The van der Waals surface area contributed by atoms with Crippen LogP contribution in [0.2, 0.25) is 0 Å². The SMILES string of the molecule is Cc1ccc(C)c(OC2CCN(C(=O)c3ccc(-n4cnnn4)cc3)CC2)c1. The number of benzene rings is 2. The molecular formula is C21H23N5O2. The van der Waals surface area contributed by atoms with Crippen LogP contribution in [0.3, 0.4) is 0 Å². The van der Waals surface area contributed by atoms with Crippen molar-refractivity contribution >= 4 is 5.91 Å². The Balaban J connectivity index is 1.35. The molecular weight excluding hydrogens is 354 g/mol. The fourth-order valence-electron chi connectivity index (χ4n) is 3.41. The largest absolute Gasteiger partial charge is 0.490 e. The zero-order valence-electron chi connectivity index (χ0n) is 16.1. The van der Waals surface area contributed by atoms with Crippen LogP contribution in [0.4, 0.5) is 0 Å². The number of nitrogens with zero attached hydrogens (tertiary/aromatic N) is 5. The first-order valence-corrected chi connectivity index (χ1v) is 9.47. The van der Waals surface area contributed by atoms with Crippen LogP contribution in [0, 0.1) is 13.8 Å². The highest BCUT2D eigenvalue weighted by molar-refractivity contribution is 5.94. The molecule has 1 aliphatic rings. The lowest BCUT2D eigenvalue weighted by atomic mass is 10.1. The molecule has 0 radical (unpaired) electrons. The van der Waals surface area contributed by atoms with Crippen molar-refractivity contribution in [3.8, 4) is 11.4 Å². The van der Waals surface area contributed by atoms with Crippen molar-refractivity contribution in [2.24, 2.45) is 0 Å². The number of carbonyl (C=O) groups excluding carboxylic acids is 1. The molecule has 7 nitrogen and oxygen atoms in total. The Hall–Kier alpha value is -3.22. The molecule has 1 fully saturated rings. The van der Waals surface area contributed by atoms with E-state index in [9.17, 15) is 4.79 Å². The molecule has 1 aliphatic heterocycles. The number of tetrazole rings is 1. The van der Waals surface area contributed by atoms with Crippen LogP contribution >= 0.6 is 0 Å². The first-order chi connectivity index (χ1) is 13.6. The molecule has 0 saturated carbocycles. The Kier molecular flexibility index (Phi) is 5.06. The first kappa shape index (κ1) is 18.2. The zero-order chi connectivity index (χ0) is 19.5. The van der Waals surface area contributed by atoms with Gasteiger partial charge in [-0.2, -0.15) is 0 Å². The standard InChI is InChI=1S/C21H23N5O2/c1-15-3-4-16(2)20(13-15)28-19-9-11-25(12-10-19)21(27)17-5-7-18(8-6-17)26-14-22-23-24-26/h3-8,13-14,19H,9-12H2,1-2H3. The number of likely N-dealkylation sites (tertiary alicyclic amines) is 1. The Labute approximate surface area is 163 Å². The highest BCUT2D eigenvalue weighted by Gasteiger charge is 2.25. The Morgan fingerprint density at radius 3 is 2.50 bits per heavy atom. The second-order valence-electron chi connectivity index (χ2n) is 7.18. The number of rotatable bonds is 4. The molecule has 2 heterocycles. The summed E-state index contributed by atoms with van der Waals surface area (Å²) in [5, 5.41) is 11.1. The van der Waals surface area contributed by atoms with Crippen LogP contribution in [0.25, 0.3) is 5.69 Å². The molecule has 1 aromatic heterocycles. The van der Waals surface area contributed by atoms with Gasteiger partial charge in [-0.15, -0.1) is 5.10 Å². The summed E-state index contributed by atoms with van der Waals surface area (Å²) in [6, 6.07) is 13.6. The van der Waals surface area contributed by atoms with E-state index in [0.717, 1.165) is 29.8 Å². The van der Waals surface area contributed by atoms with Crippen molar-refractivity contribution in [3.05, 3.63) is 65.5 Å². The summed E-state index contributed by atoms with van der Waals surface area (Å²) in [6.07, 6.45) is 3.34. The Bertz CT molecular complexity index is 945. The highest BCUT2D eigenvalue weighted by Crippen LogP contribution is 2.24. The lowest BCUT2D eigenvalue weighted by Crippen LogP contribution is -2.41. The average molecular weight is 377 g/mol. The van der Waals surface area contributed by atoms with Gasteiger partial charge in [0.15, 0.2) is 0 Å². The summed E-state index contributed by atoms with van der Waals surface area (Å²) in [6.45, 7) is 5.52. The summed E-state index contributed by atoms with van der Waals surface area (Å²) in [7, 11) is 0. The number of carbonyl (C=O) groups is 1. The third-order valence-electron chi connectivity index (χ3n) is 5.09. The second-order valence-corrected chi connectivity index (χ2v) is 7.18. The van der Waals surface area contributed by atoms with Gasteiger partial charge in [0.05, 0.1) is 5.69 Å². The van der Waals surface area contributed by atoms with Gasteiger partial charge in [0.1, 0.15) is 18.2 Å². The van der Waals surface area contributed by atoms with Crippen molar-refractivity contribution < 1.29 is 9.53 Å². The van der Waals surface area contributed by atoms with E-state index in [0.29, 0.717) is 18.7 Å². The number of amides is 1. The molecule has 0 atom stereocenters. The van der Waals surface area contributed by atoms with Gasteiger partial charge >= 0.3 is 0 Å². The lowest BCUT2D eigenvalue weighted by molar-refractivity contribution is 0.0594. The molecule has 0 unspecified atom stereocenters. The monoisotopic (exact) mass is 377 g/mol. The molecule has 1 amide bonds. The van der Waals surface area contributed by atoms with Gasteiger partial charge in [-0.1, -0.05) is 12.1 Å². The fourth-order valence-corrected chi connectivity index (χ4v) is 3.41. The predicted octanol–water partition coefficient (Wildman–Crippen LogP) is 2.96. The summed E-state index contributed by atoms with van der Waals surface area (Å²) in [5.41, 5.74) is 3.83. The molecule has 2 aromatic carbocycles. The minimum Gasteiger partial charge on any atom is -0.490 e. The molecule has 7 heteroatoms. The van der Waals surface area contributed by atoms with Crippen LogP contribution < -0.4 is 4.74 Å². The van der Waals surface area contributed by atoms with Gasteiger partial charge in [-0.25, -0.2) is 4.68 Å². The van der Waals surface area contributed by atoms with Gasteiger partial charge in [0, 0.05) is 31.5 Å². The molecule has 28 heavy (non-hydrogen) atoms. The van der Waals surface area contributed by atoms with Crippen LogP contribution in [-0.2, 0) is 0 Å². The lowest BCUT2D eigenvalue weighted by Gasteiger charge is -2.32. The van der Waals surface area contributed by atoms with E-state index in [2.05, 4.69) is 47.6 Å². The van der Waals surface area contributed by atoms with E-state index in [1.165, 1.54) is 11.9 Å². The maximum absolute atomic E-state index is 12.8. The average Bonchev–Trinajstić information content (AvgIpc) is 3.26. The van der Waals surface area contributed by atoms with Crippen molar-refractivity contribution in [3.63, 3.8) is 0 Å². The number of ether oxygens (including phenoxy) is 1. The molecule has 144 valence electrons. The second kappa shape index (κ2) is 7.80. The summed E-state index contributed by atoms with van der Waals surface area (Å²) >= 11 is 0. The van der Waals surface area contributed by atoms with E-state index >= 15 is 0 Å². The quantitative estimate of drug-likeness (QED) is 0.699. The molecule has 0 N–H and O–H groups in total. The summed E-state index contributed by atoms with van der Waals surface area (Å²) in [4.78, 5) is 14.7. The molecule has 1 saturated heterocycles. The molecule has 0 aliphatic carbocycles.